The van der Waals surface area contributed by atoms with Gasteiger partial charge in [0.25, 0.3) is 0 Å². The molecule has 0 aliphatic carbocycles. The Balaban J connectivity index is 2.08. The predicted octanol–water partition coefficient (Wildman–Crippen LogP) is 2.50. The number of furan rings is 1. The molecule has 9 nitrogen and oxygen atoms in total. The third-order valence-electron chi connectivity index (χ3n) is 3.49. The first kappa shape index (κ1) is 16.7. The van der Waals surface area contributed by atoms with E-state index in [1.807, 2.05) is 0 Å². The highest BCUT2D eigenvalue weighted by Crippen LogP contribution is 2.33. The first-order valence-corrected chi connectivity index (χ1v) is 7.81. The summed E-state index contributed by atoms with van der Waals surface area (Å²) >= 11 is 1.27. The lowest BCUT2D eigenvalue weighted by molar-refractivity contribution is -0.402. The number of nitrogens with zero attached hydrogens (tertiary/aromatic N) is 3. The molecule has 25 heavy (non-hydrogen) atoms. The van der Waals surface area contributed by atoms with Crippen LogP contribution in [0, 0.1) is 10.1 Å². The summed E-state index contributed by atoms with van der Waals surface area (Å²) in [5.41, 5.74) is 0.805. The summed E-state index contributed by atoms with van der Waals surface area (Å²) in [6.45, 7) is 0. The molecule has 3 rings (SSSR count). The van der Waals surface area contributed by atoms with Crippen molar-refractivity contribution in [2.24, 2.45) is 12.0 Å². The molecule has 0 fully saturated rings. The number of ether oxygens (including phenoxy) is 2. The molecule has 0 spiro atoms. The second-order valence-electron chi connectivity index (χ2n) is 4.93. The number of methoxy groups -OCH3 is 2. The second kappa shape index (κ2) is 6.40. The molecule has 130 valence electrons. The molecule has 0 aliphatic rings. The molecule has 2 heterocycles. The van der Waals surface area contributed by atoms with Gasteiger partial charge in [0.05, 0.1) is 30.5 Å². The van der Waals surface area contributed by atoms with Gasteiger partial charge in [-0.25, -0.2) is 0 Å². The number of amides is 1. The third-order valence-corrected chi connectivity index (χ3v) is 4.59. The largest absolute Gasteiger partial charge is 0.493 e. The Kier molecular flexibility index (Phi) is 4.28. The van der Waals surface area contributed by atoms with Gasteiger partial charge in [-0.2, -0.15) is 4.99 Å². The molecule has 2 aromatic heterocycles. The van der Waals surface area contributed by atoms with E-state index in [-0.39, 0.29) is 5.76 Å². The van der Waals surface area contributed by atoms with Gasteiger partial charge in [-0.3, -0.25) is 14.9 Å². The lowest BCUT2D eigenvalue weighted by Crippen LogP contribution is -2.13. The minimum absolute atomic E-state index is 0.195. The number of rotatable bonds is 4. The smallest absolute Gasteiger partial charge is 0.433 e. The molecule has 1 amide bonds. The van der Waals surface area contributed by atoms with Crippen LogP contribution < -0.4 is 14.3 Å². The number of hydrogen-bond acceptors (Lipinski definition) is 7. The van der Waals surface area contributed by atoms with E-state index in [0.717, 1.165) is 16.3 Å². The number of carbonyl (C=O) groups is 1. The van der Waals surface area contributed by atoms with Crippen LogP contribution in [0.4, 0.5) is 5.88 Å². The van der Waals surface area contributed by atoms with Crippen molar-refractivity contribution in [3.8, 4) is 11.5 Å². The average molecular weight is 363 g/mol. The van der Waals surface area contributed by atoms with E-state index in [2.05, 4.69) is 4.99 Å². The van der Waals surface area contributed by atoms with E-state index in [9.17, 15) is 14.9 Å². The Bertz CT molecular complexity index is 1050. The van der Waals surface area contributed by atoms with Crippen LogP contribution in [-0.4, -0.2) is 29.6 Å². The molecule has 0 N–H and O–H groups in total. The summed E-state index contributed by atoms with van der Waals surface area (Å²) in [5, 5.41) is 10.6. The number of aryl methyl sites for hydroxylation is 1. The van der Waals surface area contributed by atoms with E-state index in [0.29, 0.717) is 16.3 Å². The standard InChI is InChI=1S/C15H13N3O6S/c1-17-8-6-10(22-2)11(23-3)7-12(8)25-15(17)16-14(19)9-4-5-13(24-9)18(20)21/h4-7H,1-3H3. The number of fused-ring (bicyclic) bond motifs is 1. The van der Waals surface area contributed by atoms with Crippen LogP contribution >= 0.6 is 11.3 Å². The van der Waals surface area contributed by atoms with Crippen molar-refractivity contribution in [1.29, 1.82) is 0 Å². The number of benzene rings is 1. The maximum Gasteiger partial charge on any atom is 0.433 e. The quantitative estimate of drug-likeness (QED) is 0.520. The summed E-state index contributed by atoms with van der Waals surface area (Å²) < 4.78 is 18.0. The van der Waals surface area contributed by atoms with Gasteiger partial charge in [0.1, 0.15) is 4.92 Å². The number of hydrogen-bond donors (Lipinski definition) is 0. The van der Waals surface area contributed by atoms with Crippen LogP contribution in [0.15, 0.2) is 33.7 Å². The van der Waals surface area contributed by atoms with Crippen LogP contribution in [-0.2, 0) is 7.05 Å². The summed E-state index contributed by atoms with van der Waals surface area (Å²) in [6, 6.07) is 5.92. The maximum atomic E-state index is 12.2. The Morgan fingerprint density at radius 3 is 2.56 bits per heavy atom. The minimum atomic E-state index is -0.714. The molecule has 0 radical (unpaired) electrons. The zero-order chi connectivity index (χ0) is 18.1. The molecule has 0 unspecified atom stereocenters. The van der Waals surface area contributed by atoms with Crippen molar-refractivity contribution in [1.82, 2.24) is 4.57 Å². The van der Waals surface area contributed by atoms with Crippen molar-refractivity contribution in [2.75, 3.05) is 14.2 Å². The molecule has 0 bridgehead atoms. The van der Waals surface area contributed by atoms with Crippen molar-refractivity contribution >= 4 is 33.3 Å². The normalized spacial score (nSPS) is 11.7. The van der Waals surface area contributed by atoms with Gasteiger partial charge in [0, 0.05) is 19.2 Å². The number of thiazole rings is 1. The Labute approximate surface area is 144 Å². The van der Waals surface area contributed by atoms with Crippen LogP contribution in [0.1, 0.15) is 10.6 Å². The number of aromatic nitrogens is 1. The second-order valence-corrected chi connectivity index (χ2v) is 5.94. The highest BCUT2D eigenvalue weighted by Gasteiger charge is 2.17. The molecule has 0 saturated carbocycles. The van der Waals surface area contributed by atoms with E-state index in [1.54, 1.807) is 23.7 Å². The fraction of sp³-hybridized carbons (Fsp3) is 0.200. The highest BCUT2D eigenvalue weighted by molar-refractivity contribution is 7.16. The molecular formula is C15H13N3O6S. The topological polar surface area (TPSA) is 109 Å². The van der Waals surface area contributed by atoms with Crippen molar-refractivity contribution in [3.63, 3.8) is 0 Å². The fourth-order valence-electron chi connectivity index (χ4n) is 2.24. The van der Waals surface area contributed by atoms with Crippen molar-refractivity contribution in [2.45, 2.75) is 0 Å². The van der Waals surface area contributed by atoms with Gasteiger partial charge < -0.3 is 18.5 Å². The molecule has 1 aromatic carbocycles. The Morgan fingerprint density at radius 2 is 1.96 bits per heavy atom. The first-order valence-electron chi connectivity index (χ1n) is 6.99. The molecule has 3 aromatic rings. The highest BCUT2D eigenvalue weighted by atomic mass is 32.1. The minimum Gasteiger partial charge on any atom is -0.493 e. The molecule has 0 saturated heterocycles. The zero-order valence-electron chi connectivity index (χ0n) is 13.5. The Morgan fingerprint density at radius 1 is 1.28 bits per heavy atom. The first-order chi connectivity index (χ1) is 11.9. The predicted molar refractivity (Wildman–Crippen MR) is 89.2 cm³/mol. The van der Waals surface area contributed by atoms with Gasteiger partial charge in [-0.15, -0.1) is 0 Å². The molecule has 10 heteroatoms. The molecule has 0 atom stereocenters. The molecular weight excluding hydrogens is 350 g/mol. The van der Waals surface area contributed by atoms with Gasteiger partial charge in [-0.1, -0.05) is 11.3 Å². The van der Waals surface area contributed by atoms with Crippen LogP contribution in [0.5, 0.6) is 11.5 Å². The fourth-order valence-corrected chi connectivity index (χ4v) is 3.27. The van der Waals surface area contributed by atoms with Crippen LogP contribution in [0.3, 0.4) is 0 Å². The van der Waals surface area contributed by atoms with E-state index >= 15 is 0 Å². The van der Waals surface area contributed by atoms with Gasteiger partial charge in [0.15, 0.2) is 16.3 Å². The van der Waals surface area contributed by atoms with Crippen LogP contribution in [0.2, 0.25) is 0 Å². The maximum absolute atomic E-state index is 12.2. The number of nitro groups is 1. The van der Waals surface area contributed by atoms with E-state index < -0.39 is 16.7 Å². The summed E-state index contributed by atoms with van der Waals surface area (Å²) in [5.74, 6) is -0.276. The van der Waals surface area contributed by atoms with Gasteiger partial charge in [0.2, 0.25) is 5.76 Å². The lowest BCUT2D eigenvalue weighted by atomic mass is 10.3. The third kappa shape index (κ3) is 2.98. The van der Waals surface area contributed by atoms with Crippen LogP contribution in [0.25, 0.3) is 10.2 Å². The number of carbonyl (C=O) groups excluding carboxylic acids is 1. The molecule has 0 aliphatic heterocycles. The van der Waals surface area contributed by atoms with E-state index in [1.165, 1.54) is 31.6 Å². The van der Waals surface area contributed by atoms with E-state index in [4.69, 9.17) is 13.9 Å². The monoisotopic (exact) mass is 363 g/mol. The summed E-state index contributed by atoms with van der Waals surface area (Å²) in [6.07, 6.45) is 0. The summed E-state index contributed by atoms with van der Waals surface area (Å²) in [7, 11) is 4.83. The Hall–Kier alpha value is -3.14. The zero-order valence-corrected chi connectivity index (χ0v) is 14.3. The average Bonchev–Trinajstić information content (AvgIpc) is 3.20. The van der Waals surface area contributed by atoms with Gasteiger partial charge in [-0.05, 0) is 6.07 Å². The van der Waals surface area contributed by atoms with Crippen molar-refractivity contribution in [3.05, 3.63) is 44.9 Å². The lowest BCUT2D eigenvalue weighted by Gasteiger charge is -2.07. The summed E-state index contributed by atoms with van der Waals surface area (Å²) in [4.78, 5) is 26.5. The SMILES string of the molecule is COc1cc2sc(=NC(=O)c3ccc([N+](=O)[O-])o3)n(C)c2cc1OC. The van der Waals surface area contributed by atoms with Crippen molar-refractivity contribution < 1.29 is 23.6 Å². The van der Waals surface area contributed by atoms with Gasteiger partial charge >= 0.3 is 11.8 Å².